The van der Waals surface area contributed by atoms with Crippen molar-refractivity contribution in [2.45, 2.75) is 26.1 Å². The Morgan fingerprint density at radius 1 is 1.13 bits per heavy atom. The van der Waals surface area contributed by atoms with Crippen molar-refractivity contribution >= 4 is 0 Å². The topological polar surface area (TPSA) is 33.3 Å². The van der Waals surface area contributed by atoms with Crippen LogP contribution < -0.4 is 10.6 Å². The van der Waals surface area contributed by atoms with E-state index in [0.717, 1.165) is 13.1 Å². The van der Waals surface area contributed by atoms with Gasteiger partial charge < -0.3 is 15.4 Å². The maximum absolute atomic E-state index is 11.6. The van der Waals surface area contributed by atoms with E-state index in [9.17, 15) is 13.2 Å². The zero-order chi connectivity index (χ0) is 11.7. The summed E-state index contributed by atoms with van der Waals surface area (Å²) >= 11 is 0. The summed E-state index contributed by atoms with van der Waals surface area (Å²) in [6, 6.07) is 0.424. The average Bonchev–Trinajstić information content (AvgIpc) is 2.07. The third kappa shape index (κ3) is 13.7. The molecule has 92 valence electrons. The second-order valence-corrected chi connectivity index (χ2v) is 3.53. The van der Waals surface area contributed by atoms with Crippen LogP contribution in [-0.2, 0) is 4.74 Å². The fourth-order valence-electron chi connectivity index (χ4n) is 0.906. The molecule has 0 heterocycles. The van der Waals surface area contributed by atoms with Crippen LogP contribution in [0.2, 0.25) is 0 Å². The molecule has 0 atom stereocenters. The van der Waals surface area contributed by atoms with Gasteiger partial charge in [-0.05, 0) is 0 Å². The Hall–Kier alpha value is -0.330. The van der Waals surface area contributed by atoms with Crippen LogP contribution >= 0.6 is 0 Å². The third-order valence-corrected chi connectivity index (χ3v) is 1.54. The van der Waals surface area contributed by atoms with E-state index in [-0.39, 0.29) is 6.61 Å². The van der Waals surface area contributed by atoms with E-state index in [1.165, 1.54) is 0 Å². The van der Waals surface area contributed by atoms with Crippen molar-refractivity contribution in [3.05, 3.63) is 0 Å². The van der Waals surface area contributed by atoms with Crippen LogP contribution in [0.1, 0.15) is 13.8 Å². The second-order valence-electron chi connectivity index (χ2n) is 3.53. The monoisotopic (exact) mass is 228 g/mol. The number of ether oxygens (including phenoxy) is 1. The van der Waals surface area contributed by atoms with Crippen LogP contribution in [0.4, 0.5) is 13.2 Å². The van der Waals surface area contributed by atoms with Crippen molar-refractivity contribution in [1.82, 2.24) is 10.6 Å². The highest BCUT2D eigenvalue weighted by molar-refractivity contribution is 4.55. The molecule has 0 bridgehead atoms. The zero-order valence-electron chi connectivity index (χ0n) is 9.16. The maximum Gasteiger partial charge on any atom is 0.411 e. The summed E-state index contributed by atoms with van der Waals surface area (Å²) in [6.45, 7) is 4.96. The molecule has 15 heavy (non-hydrogen) atoms. The highest BCUT2D eigenvalue weighted by Gasteiger charge is 2.27. The first-order valence-corrected chi connectivity index (χ1v) is 5.00. The molecule has 3 nitrogen and oxygen atoms in total. The first kappa shape index (κ1) is 14.7. The standard InChI is InChI=1S/C9H19F3N2O/c1-8(2)14-4-3-13-5-6-15-7-9(10,11)12/h8,13-14H,3-7H2,1-2H3. The van der Waals surface area contributed by atoms with Crippen molar-refractivity contribution in [2.75, 3.05) is 32.8 Å². The number of halogens is 3. The van der Waals surface area contributed by atoms with Gasteiger partial charge in [-0.25, -0.2) is 0 Å². The van der Waals surface area contributed by atoms with Gasteiger partial charge in [0.15, 0.2) is 0 Å². The van der Waals surface area contributed by atoms with Gasteiger partial charge >= 0.3 is 6.18 Å². The number of nitrogens with one attached hydrogen (secondary N) is 2. The molecule has 0 aromatic rings. The SMILES string of the molecule is CC(C)NCCNCCOCC(F)(F)F. The highest BCUT2D eigenvalue weighted by atomic mass is 19.4. The largest absolute Gasteiger partial charge is 0.411 e. The Kier molecular flexibility index (Phi) is 7.72. The van der Waals surface area contributed by atoms with E-state index in [1.54, 1.807) is 0 Å². The van der Waals surface area contributed by atoms with Crippen LogP contribution in [0.15, 0.2) is 0 Å². The number of alkyl halides is 3. The minimum Gasteiger partial charge on any atom is -0.371 e. The van der Waals surface area contributed by atoms with Crippen molar-refractivity contribution in [3.8, 4) is 0 Å². The lowest BCUT2D eigenvalue weighted by atomic mass is 10.4. The van der Waals surface area contributed by atoms with Gasteiger partial charge in [0, 0.05) is 25.7 Å². The molecular formula is C9H19F3N2O. The zero-order valence-corrected chi connectivity index (χ0v) is 9.16. The molecule has 0 aliphatic heterocycles. The molecule has 0 amide bonds. The van der Waals surface area contributed by atoms with Gasteiger partial charge in [-0.15, -0.1) is 0 Å². The summed E-state index contributed by atoms with van der Waals surface area (Å²) in [5, 5.41) is 6.15. The Morgan fingerprint density at radius 2 is 1.80 bits per heavy atom. The Morgan fingerprint density at radius 3 is 2.33 bits per heavy atom. The molecule has 2 N–H and O–H groups in total. The lowest BCUT2D eigenvalue weighted by Crippen LogP contribution is -2.33. The van der Waals surface area contributed by atoms with Crippen LogP contribution in [0.3, 0.4) is 0 Å². The van der Waals surface area contributed by atoms with E-state index in [1.807, 2.05) is 13.8 Å². The van der Waals surface area contributed by atoms with Crippen molar-refractivity contribution < 1.29 is 17.9 Å². The van der Waals surface area contributed by atoms with Gasteiger partial charge in [0.25, 0.3) is 0 Å². The molecule has 0 aromatic heterocycles. The Bertz CT molecular complexity index is 151. The van der Waals surface area contributed by atoms with E-state index in [4.69, 9.17) is 0 Å². The molecule has 0 aliphatic carbocycles. The van der Waals surface area contributed by atoms with Crippen LogP contribution in [0, 0.1) is 0 Å². The van der Waals surface area contributed by atoms with Crippen LogP contribution in [-0.4, -0.2) is 45.1 Å². The summed E-state index contributed by atoms with van der Waals surface area (Å²) in [4.78, 5) is 0. The normalized spacial score (nSPS) is 12.4. The fourth-order valence-corrected chi connectivity index (χ4v) is 0.906. The fraction of sp³-hybridized carbons (Fsp3) is 1.00. The molecule has 0 unspecified atom stereocenters. The van der Waals surface area contributed by atoms with Gasteiger partial charge in [-0.1, -0.05) is 13.8 Å². The lowest BCUT2D eigenvalue weighted by Gasteiger charge is -2.10. The predicted octanol–water partition coefficient (Wildman–Crippen LogP) is 1.15. The molecule has 0 rings (SSSR count). The first-order chi connectivity index (χ1) is 6.92. The number of hydrogen-bond donors (Lipinski definition) is 2. The van der Waals surface area contributed by atoms with Gasteiger partial charge in [-0.2, -0.15) is 13.2 Å². The molecule has 0 saturated carbocycles. The van der Waals surface area contributed by atoms with Gasteiger partial charge in [0.1, 0.15) is 6.61 Å². The van der Waals surface area contributed by atoms with Gasteiger partial charge in [-0.3, -0.25) is 0 Å². The smallest absolute Gasteiger partial charge is 0.371 e. The highest BCUT2D eigenvalue weighted by Crippen LogP contribution is 2.13. The van der Waals surface area contributed by atoms with Crippen molar-refractivity contribution in [1.29, 1.82) is 0 Å². The van der Waals surface area contributed by atoms with E-state index >= 15 is 0 Å². The summed E-state index contributed by atoms with van der Waals surface area (Å²) < 4.78 is 39.3. The number of rotatable bonds is 8. The summed E-state index contributed by atoms with van der Waals surface area (Å²) in [7, 11) is 0. The minimum atomic E-state index is -4.22. The molecule has 6 heteroatoms. The van der Waals surface area contributed by atoms with E-state index in [2.05, 4.69) is 15.4 Å². The lowest BCUT2D eigenvalue weighted by molar-refractivity contribution is -0.173. The molecular weight excluding hydrogens is 209 g/mol. The second kappa shape index (κ2) is 7.90. The first-order valence-electron chi connectivity index (χ1n) is 5.00. The quantitative estimate of drug-likeness (QED) is 0.611. The van der Waals surface area contributed by atoms with E-state index < -0.39 is 12.8 Å². The van der Waals surface area contributed by atoms with E-state index in [0.29, 0.717) is 12.6 Å². The summed E-state index contributed by atoms with van der Waals surface area (Å²) in [5.74, 6) is 0. The average molecular weight is 228 g/mol. The summed E-state index contributed by atoms with van der Waals surface area (Å²) in [5.41, 5.74) is 0. The number of hydrogen-bond acceptors (Lipinski definition) is 3. The van der Waals surface area contributed by atoms with Crippen molar-refractivity contribution in [3.63, 3.8) is 0 Å². The van der Waals surface area contributed by atoms with Crippen LogP contribution in [0.5, 0.6) is 0 Å². The molecule has 0 aromatic carbocycles. The van der Waals surface area contributed by atoms with Gasteiger partial charge in [0.2, 0.25) is 0 Å². The van der Waals surface area contributed by atoms with Gasteiger partial charge in [0.05, 0.1) is 6.61 Å². The third-order valence-electron chi connectivity index (χ3n) is 1.54. The molecule has 0 fully saturated rings. The molecule has 0 saturated heterocycles. The van der Waals surface area contributed by atoms with Crippen LogP contribution in [0.25, 0.3) is 0 Å². The Balaban J connectivity index is 3.06. The molecule has 0 aliphatic rings. The Labute approximate surface area is 88.4 Å². The molecule has 0 radical (unpaired) electrons. The minimum absolute atomic E-state index is 0.0845. The molecule has 0 spiro atoms. The maximum atomic E-state index is 11.6. The van der Waals surface area contributed by atoms with Crippen molar-refractivity contribution in [2.24, 2.45) is 0 Å². The summed E-state index contributed by atoms with van der Waals surface area (Å²) in [6.07, 6.45) is -4.22. The predicted molar refractivity (Wildman–Crippen MR) is 52.9 cm³/mol.